The Labute approximate surface area is 106 Å². The highest BCUT2D eigenvalue weighted by atomic mass is 16.5. The van der Waals surface area contributed by atoms with Gasteiger partial charge in [-0.25, -0.2) is 0 Å². The number of ether oxygens (including phenoxy) is 1. The van der Waals surface area contributed by atoms with Gasteiger partial charge < -0.3 is 15.0 Å². The lowest BCUT2D eigenvalue weighted by atomic mass is 9.80. The van der Waals surface area contributed by atoms with Crippen LogP contribution in [0.2, 0.25) is 0 Å². The van der Waals surface area contributed by atoms with Crippen molar-refractivity contribution in [3.8, 4) is 0 Å². The number of hydrogen-bond donors (Lipinski definition) is 1. The lowest BCUT2D eigenvalue weighted by Gasteiger charge is -2.36. The molecule has 3 heteroatoms. The predicted octanol–water partition coefficient (Wildman–Crippen LogP) is 1.73. The molecule has 0 spiro atoms. The molecule has 2 rings (SSSR count). The summed E-state index contributed by atoms with van der Waals surface area (Å²) in [5.41, 5.74) is 0. The molecule has 1 N–H and O–H groups in total. The molecule has 3 nitrogen and oxygen atoms in total. The molecule has 1 heterocycles. The number of rotatable bonds is 3. The van der Waals surface area contributed by atoms with Crippen molar-refractivity contribution in [3.63, 3.8) is 0 Å². The molecule has 1 saturated heterocycles. The Bertz CT molecular complexity index is 234. The third-order valence-electron chi connectivity index (χ3n) is 4.38. The smallest absolute Gasteiger partial charge is 0.0826 e. The van der Waals surface area contributed by atoms with Crippen molar-refractivity contribution in [1.82, 2.24) is 10.2 Å². The molecule has 17 heavy (non-hydrogen) atoms. The zero-order valence-corrected chi connectivity index (χ0v) is 11.6. The summed E-state index contributed by atoms with van der Waals surface area (Å²) in [6.45, 7) is 8.83. The molecule has 0 aromatic heterocycles. The van der Waals surface area contributed by atoms with E-state index in [4.69, 9.17) is 4.74 Å². The summed E-state index contributed by atoms with van der Waals surface area (Å²) in [5, 5.41) is 3.73. The molecule has 0 amide bonds. The zero-order valence-electron chi connectivity index (χ0n) is 11.6. The highest BCUT2D eigenvalue weighted by Gasteiger charge is 2.26. The van der Waals surface area contributed by atoms with E-state index in [0.717, 1.165) is 38.1 Å². The lowest BCUT2D eigenvalue weighted by molar-refractivity contribution is -0.0208. The Morgan fingerprint density at radius 1 is 1.29 bits per heavy atom. The van der Waals surface area contributed by atoms with Gasteiger partial charge in [-0.15, -0.1) is 0 Å². The first kappa shape index (κ1) is 13.3. The Morgan fingerprint density at radius 2 is 2.12 bits per heavy atom. The topological polar surface area (TPSA) is 24.5 Å². The Kier molecular flexibility index (Phi) is 4.83. The van der Waals surface area contributed by atoms with Crippen LogP contribution in [0.1, 0.15) is 33.1 Å². The molecule has 1 saturated carbocycles. The maximum Gasteiger partial charge on any atom is 0.0826 e. The highest BCUT2D eigenvalue weighted by Crippen LogP contribution is 2.28. The van der Waals surface area contributed by atoms with Crippen molar-refractivity contribution >= 4 is 0 Å². The number of nitrogens with zero attached hydrogens (tertiary/aromatic N) is 1. The van der Waals surface area contributed by atoms with E-state index < -0.39 is 0 Å². The van der Waals surface area contributed by atoms with Crippen molar-refractivity contribution in [1.29, 1.82) is 0 Å². The van der Waals surface area contributed by atoms with Gasteiger partial charge >= 0.3 is 0 Å². The quantitative estimate of drug-likeness (QED) is 0.813. The average Bonchev–Trinajstić information content (AvgIpc) is 2.28. The van der Waals surface area contributed by atoms with Crippen LogP contribution in [0.4, 0.5) is 0 Å². The third-order valence-corrected chi connectivity index (χ3v) is 4.38. The number of nitrogens with one attached hydrogen (secondary N) is 1. The number of morpholine rings is 1. The van der Waals surface area contributed by atoms with Crippen LogP contribution in [0.25, 0.3) is 0 Å². The summed E-state index contributed by atoms with van der Waals surface area (Å²) in [6.07, 6.45) is 4.49. The second kappa shape index (κ2) is 6.17. The maximum absolute atomic E-state index is 5.79. The van der Waals surface area contributed by atoms with Crippen LogP contribution in [0.3, 0.4) is 0 Å². The van der Waals surface area contributed by atoms with E-state index in [0.29, 0.717) is 12.1 Å². The van der Waals surface area contributed by atoms with E-state index in [2.05, 4.69) is 31.1 Å². The van der Waals surface area contributed by atoms with E-state index in [9.17, 15) is 0 Å². The van der Waals surface area contributed by atoms with E-state index in [1.165, 1.54) is 19.3 Å². The van der Waals surface area contributed by atoms with Crippen molar-refractivity contribution in [2.45, 2.75) is 45.3 Å². The Balaban J connectivity index is 1.70. The van der Waals surface area contributed by atoms with Gasteiger partial charge in [0.2, 0.25) is 0 Å². The zero-order chi connectivity index (χ0) is 12.3. The first-order valence-electron chi connectivity index (χ1n) is 7.18. The summed E-state index contributed by atoms with van der Waals surface area (Å²) in [7, 11) is 2.18. The van der Waals surface area contributed by atoms with Crippen molar-refractivity contribution < 1.29 is 4.74 Å². The summed E-state index contributed by atoms with van der Waals surface area (Å²) in [6, 6.07) is 0.710. The summed E-state index contributed by atoms with van der Waals surface area (Å²) >= 11 is 0. The molecule has 100 valence electrons. The van der Waals surface area contributed by atoms with E-state index in [-0.39, 0.29) is 0 Å². The molecule has 0 aromatic rings. The van der Waals surface area contributed by atoms with Crippen LogP contribution < -0.4 is 5.32 Å². The molecule has 2 aliphatic rings. The van der Waals surface area contributed by atoms with Crippen molar-refractivity contribution in [2.75, 3.05) is 33.3 Å². The average molecular weight is 240 g/mol. The van der Waals surface area contributed by atoms with Gasteiger partial charge in [-0.1, -0.05) is 13.8 Å². The summed E-state index contributed by atoms with van der Waals surface area (Å²) in [5.74, 6) is 1.74. The van der Waals surface area contributed by atoms with Gasteiger partial charge in [-0.3, -0.25) is 0 Å². The van der Waals surface area contributed by atoms with Crippen LogP contribution in [0, 0.1) is 11.8 Å². The normalized spacial score (nSPS) is 40.4. The summed E-state index contributed by atoms with van der Waals surface area (Å²) < 4.78 is 5.79. The second-order valence-corrected chi connectivity index (χ2v) is 6.17. The molecule has 0 radical (unpaired) electrons. The monoisotopic (exact) mass is 240 g/mol. The minimum Gasteiger partial charge on any atom is -0.374 e. The van der Waals surface area contributed by atoms with Gasteiger partial charge in [0.25, 0.3) is 0 Å². The van der Waals surface area contributed by atoms with Gasteiger partial charge in [-0.2, -0.15) is 0 Å². The molecule has 2 fully saturated rings. The summed E-state index contributed by atoms with van der Waals surface area (Å²) in [4.78, 5) is 2.36. The number of hydrogen-bond acceptors (Lipinski definition) is 3. The van der Waals surface area contributed by atoms with Gasteiger partial charge in [0.1, 0.15) is 0 Å². The molecular formula is C14H28N2O. The van der Waals surface area contributed by atoms with Crippen LogP contribution in [-0.4, -0.2) is 50.3 Å². The fourth-order valence-electron chi connectivity index (χ4n) is 3.24. The molecule has 4 unspecified atom stereocenters. The van der Waals surface area contributed by atoms with Gasteiger partial charge in [0.15, 0.2) is 0 Å². The first-order valence-corrected chi connectivity index (χ1v) is 7.18. The van der Waals surface area contributed by atoms with Crippen molar-refractivity contribution in [3.05, 3.63) is 0 Å². The third kappa shape index (κ3) is 3.94. The van der Waals surface area contributed by atoms with Gasteiger partial charge in [0, 0.05) is 25.7 Å². The molecule has 0 aromatic carbocycles. The van der Waals surface area contributed by atoms with Crippen LogP contribution in [0.15, 0.2) is 0 Å². The van der Waals surface area contributed by atoms with E-state index in [1.807, 2.05) is 0 Å². The first-order chi connectivity index (χ1) is 8.15. The Morgan fingerprint density at radius 3 is 2.82 bits per heavy atom. The van der Waals surface area contributed by atoms with Crippen LogP contribution in [-0.2, 0) is 4.74 Å². The molecule has 1 aliphatic carbocycles. The SMILES string of the molecule is CC1CCC(NCC2CN(C)CCO2)C(C)C1. The van der Waals surface area contributed by atoms with E-state index in [1.54, 1.807) is 0 Å². The fraction of sp³-hybridized carbons (Fsp3) is 1.00. The van der Waals surface area contributed by atoms with Crippen LogP contribution >= 0.6 is 0 Å². The maximum atomic E-state index is 5.79. The predicted molar refractivity (Wildman–Crippen MR) is 71.2 cm³/mol. The van der Waals surface area contributed by atoms with Gasteiger partial charge in [-0.05, 0) is 38.1 Å². The van der Waals surface area contributed by atoms with Crippen molar-refractivity contribution in [2.24, 2.45) is 11.8 Å². The molecule has 1 aliphatic heterocycles. The molecule has 4 atom stereocenters. The highest BCUT2D eigenvalue weighted by molar-refractivity contribution is 4.82. The standard InChI is InChI=1S/C14H28N2O/c1-11-4-5-14(12(2)8-11)15-9-13-10-16(3)6-7-17-13/h11-15H,4-10H2,1-3H3. The molecular weight excluding hydrogens is 212 g/mol. The van der Waals surface area contributed by atoms with E-state index >= 15 is 0 Å². The minimum absolute atomic E-state index is 0.389. The van der Waals surface area contributed by atoms with Crippen LogP contribution in [0.5, 0.6) is 0 Å². The lowest BCUT2D eigenvalue weighted by Crippen LogP contribution is -2.48. The second-order valence-electron chi connectivity index (χ2n) is 6.17. The largest absolute Gasteiger partial charge is 0.374 e. The fourth-order valence-corrected chi connectivity index (χ4v) is 3.24. The number of likely N-dealkylation sites (N-methyl/N-ethyl adjacent to an activating group) is 1. The van der Waals surface area contributed by atoms with Gasteiger partial charge in [0.05, 0.1) is 12.7 Å². The Hall–Kier alpha value is -0.120. The molecule has 0 bridgehead atoms. The minimum atomic E-state index is 0.389.